The number of benzene rings is 1. The number of ether oxygens (including phenoxy) is 1. The van der Waals surface area contributed by atoms with E-state index in [0.29, 0.717) is 6.42 Å². The maximum absolute atomic E-state index is 12.3. The van der Waals surface area contributed by atoms with E-state index in [-0.39, 0.29) is 11.4 Å². The van der Waals surface area contributed by atoms with Gasteiger partial charge in [-0.1, -0.05) is 6.07 Å². The minimum atomic E-state index is -0.287. The van der Waals surface area contributed by atoms with Crippen LogP contribution in [0.3, 0.4) is 0 Å². The van der Waals surface area contributed by atoms with Crippen molar-refractivity contribution in [3.05, 3.63) is 28.8 Å². The molecule has 2 aliphatic rings. The number of ketones is 1. The van der Waals surface area contributed by atoms with E-state index < -0.39 is 0 Å². The lowest BCUT2D eigenvalue weighted by molar-refractivity contribution is 0.0527. The zero-order valence-electron chi connectivity index (χ0n) is 10.3. The fourth-order valence-corrected chi connectivity index (χ4v) is 2.98. The van der Waals surface area contributed by atoms with Crippen molar-refractivity contribution in [3.8, 4) is 5.75 Å². The third kappa shape index (κ3) is 1.65. The van der Waals surface area contributed by atoms with Crippen LogP contribution in [0, 0.1) is 13.8 Å². The lowest BCUT2D eigenvalue weighted by Crippen LogP contribution is -2.44. The molecule has 2 heterocycles. The highest BCUT2D eigenvalue weighted by Gasteiger charge is 2.43. The van der Waals surface area contributed by atoms with Gasteiger partial charge in [0.15, 0.2) is 5.78 Å². The zero-order valence-corrected chi connectivity index (χ0v) is 10.3. The van der Waals surface area contributed by atoms with Gasteiger partial charge in [0.25, 0.3) is 0 Å². The van der Waals surface area contributed by atoms with Gasteiger partial charge >= 0.3 is 0 Å². The molecule has 1 spiro atoms. The molecule has 0 amide bonds. The van der Waals surface area contributed by atoms with Gasteiger partial charge in [0.2, 0.25) is 0 Å². The number of hydrogen-bond donors (Lipinski definition) is 1. The van der Waals surface area contributed by atoms with Crippen LogP contribution < -0.4 is 10.1 Å². The van der Waals surface area contributed by atoms with Crippen molar-refractivity contribution in [2.45, 2.75) is 32.3 Å². The summed E-state index contributed by atoms with van der Waals surface area (Å²) in [6.45, 7) is 5.74. The summed E-state index contributed by atoms with van der Waals surface area (Å²) in [6, 6.07) is 4.03. The third-order valence-electron chi connectivity index (χ3n) is 3.74. The normalized spacial score (nSPS) is 27.1. The van der Waals surface area contributed by atoms with Gasteiger partial charge in [0.1, 0.15) is 11.4 Å². The summed E-state index contributed by atoms with van der Waals surface area (Å²) in [6.07, 6.45) is 1.43. The average molecular weight is 231 g/mol. The molecule has 1 unspecified atom stereocenters. The highest BCUT2D eigenvalue weighted by atomic mass is 16.5. The predicted octanol–water partition coefficient (Wildman–Crippen LogP) is 2.00. The first-order chi connectivity index (χ1) is 8.10. The van der Waals surface area contributed by atoms with E-state index >= 15 is 0 Å². The fourth-order valence-electron chi connectivity index (χ4n) is 2.98. The van der Waals surface area contributed by atoms with Gasteiger partial charge in [-0.05, 0) is 37.6 Å². The van der Waals surface area contributed by atoms with Crippen molar-refractivity contribution in [3.63, 3.8) is 0 Å². The largest absolute Gasteiger partial charge is 0.485 e. The van der Waals surface area contributed by atoms with Crippen LogP contribution in [-0.2, 0) is 0 Å². The zero-order chi connectivity index (χ0) is 12.0. The average Bonchev–Trinajstić information content (AvgIpc) is 2.63. The lowest BCUT2D eigenvalue weighted by atomic mass is 9.87. The summed E-state index contributed by atoms with van der Waals surface area (Å²) >= 11 is 0. The van der Waals surface area contributed by atoms with Crippen LogP contribution in [0.2, 0.25) is 0 Å². The molecule has 1 aromatic carbocycles. The number of aryl methyl sites for hydroxylation is 2. The van der Waals surface area contributed by atoms with Crippen molar-refractivity contribution in [1.82, 2.24) is 5.32 Å². The first kappa shape index (κ1) is 10.8. The topological polar surface area (TPSA) is 38.3 Å². The Morgan fingerprint density at radius 2 is 2.18 bits per heavy atom. The van der Waals surface area contributed by atoms with Crippen LogP contribution in [0.4, 0.5) is 0 Å². The monoisotopic (exact) mass is 231 g/mol. The molecule has 1 fully saturated rings. The second-order valence-electron chi connectivity index (χ2n) is 5.27. The number of carbonyl (C=O) groups excluding carboxylic acids is 1. The predicted molar refractivity (Wildman–Crippen MR) is 65.7 cm³/mol. The number of hydrogen-bond acceptors (Lipinski definition) is 3. The molecule has 0 aliphatic carbocycles. The first-order valence-electron chi connectivity index (χ1n) is 6.14. The molecule has 90 valence electrons. The van der Waals surface area contributed by atoms with Crippen molar-refractivity contribution >= 4 is 5.78 Å². The van der Waals surface area contributed by atoms with Gasteiger partial charge in [0.05, 0.1) is 12.0 Å². The lowest BCUT2D eigenvalue weighted by Gasteiger charge is -2.34. The molecule has 0 radical (unpaired) electrons. The first-order valence-corrected chi connectivity index (χ1v) is 6.14. The molecule has 0 bridgehead atoms. The van der Waals surface area contributed by atoms with Crippen LogP contribution in [0.25, 0.3) is 0 Å². The molecule has 1 saturated heterocycles. The summed E-state index contributed by atoms with van der Waals surface area (Å²) in [5, 5.41) is 3.29. The SMILES string of the molecule is Cc1cc(C)c2c(c1)OC1(CCNC1)CC2=O. The molecule has 1 aromatic rings. The molecule has 1 atom stereocenters. The van der Waals surface area contributed by atoms with Crippen LogP contribution in [-0.4, -0.2) is 24.5 Å². The van der Waals surface area contributed by atoms with Crippen molar-refractivity contribution in [1.29, 1.82) is 0 Å². The van der Waals surface area contributed by atoms with E-state index in [9.17, 15) is 4.79 Å². The Bertz CT molecular complexity index is 487. The van der Waals surface area contributed by atoms with Crippen LogP contribution in [0.5, 0.6) is 5.75 Å². The Labute approximate surface area is 101 Å². The van der Waals surface area contributed by atoms with Crippen LogP contribution >= 0.6 is 0 Å². The second-order valence-corrected chi connectivity index (χ2v) is 5.27. The van der Waals surface area contributed by atoms with Gasteiger partial charge in [-0.2, -0.15) is 0 Å². The van der Waals surface area contributed by atoms with Crippen molar-refractivity contribution in [2.24, 2.45) is 0 Å². The minimum Gasteiger partial charge on any atom is -0.485 e. The summed E-state index contributed by atoms with van der Waals surface area (Å²) in [7, 11) is 0. The second kappa shape index (κ2) is 3.57. The maximum Gasteiger partial charge on any atom is 0.170 e. The summed E-state index contributed by atoms with van der Waals surface area (Å²) in [5.41, 5.74) is 2.68. The summed E-state index contributed by atoms with van der Waals surface area (Å²) < 4.78 is 6.13. The highest BCUT2D eigenvalue weighted by Crippen LogP contribution is 2.38. The van der Waals surface area contributed by atoms with Gasteiger partial charge in [-0.15, -0.1) is 0 Å². The fraction of sp³-hybridized carbons (Fsp3) is 0.500. The molecule has 3 rings (SSSR count). The van der Waals surface area contributed by atoms with Gasteiger partial charge in [-0.25, -0.2) is 0 Å². The molecule has 3 nitrogen and oxygen atoms in total. The summed E-state index contributed by atoms with van der Waals surface area (Å²) in [5.74, 6) is 1.01. The Morgan fingerprint density at radius 3 is 2.88 bits per heavy atom. The molecule has 2 aliphatic heterocycles. The quantitative estimate of drug-likeness (QED) is 0.742. The maximum atomic E-state index is 12.3. The third-order valence-corrected chi connectivity index (χ3v) is 3.74. The van der Waals surface area contributed by atoms with Crippen LogP contribution in [0.15, 0.2) is 12.1 Å². The number of rotatable bonds is 0. The molecule has 17 heavy (non-hydrogen) atoms. The Balaban J connectivity index is 2.09. The Hall–Kier alpha value is -1.35. The van der Waals surface area contributed by atoms with Crippen LogP contribution in [0.1, 0.15) is 34.3 Å². The molecule has 0 saturated carbocycles. The van der Waals surface area contributed by atoms with Gasteiger partial charge in [0, 0.05) is 13.0 Å². The minimum absolute atomic E-state index is 0.229. The standard InChI is InChI=1S/C14H17NO2/c1-9-5-10(2)13-11(16)7-14(3-4-15-8-14)17-12(13)6-9/h5-6,15H,3-4,7-8H2,1-2H3. The molecule has 3 heteroatoms. The number of nitrogens with one attached hydrogen (secondary N) is 1. The van der Waals surface area contributed by atoms with E-state index in [1.54, 1.807) is 0 Å². The van der Waals surface area contributed by atoms with E-state index in [0.717, 1.165) is 42.0 Å². The van der Waals surface area contributed by atoms with Gasteiger partial charge in [-0.3, -0.25) is 4.79 Å². The van der Waals surface area contributed by atoms with E-state index in [1.807, 2.05) is 26.0 Å². The Kier molecular flexibility index (Phi) is 2.26. The molecule has 1 N–H and O–H groups in total. The smallest absolute Gasteiger partial charge is 0.170 e. The van der Waals surface area contributed by atoms with Crippen molar-refractivity contribution < 1.29 is 9.53 Å². The van der Waals surface area contributed by atoms with Crippen molar-refractivity contribution in [2.75, 3.05) is 13.1 Å². The molecular formula is C14H17NO2. The van der Waals surface area contributed by atoms with E-state index in [1.165, 1.54) is 0 Å². The molecule has 0 aromatic heterocycles. The number of fused-ring (bicyclic) bond motifs is 1. The molecular weight excluding hydrogens is 214 g/mol. The number of Topliss-reactive ketones (excluding diaryl/α,β-unsaturated/α-hetero) is 1. The van der Waals surface area contributed by atoms with E-state index in [4.69, 9.17) is 4.74 Å². The highest BCUT2D eigenvalue weighted by molar-refractivity contribution is 6.01. The van der Waals surface area contributed by atoms with Gasteiger partial charge < -0.3 is 10.1 Å². The Morgan fingerprint density at radius 1 is 1.35 bits per heavy atom. The summed E-state index contributed by atoms with van der Waals surface area (Å²) in [4.78, 5) is 12.3. The number of carbonyl (C=O) groups is 1. The van der Waals surface area contributed by atoms with E-state index in [2.05, 4.69) is 5.32 Å².